The number of hydrogen-bond donors (Lipinski definition) is 0. The lowest BCUT2D eigenvalue weighted by Gasteiger charge is -2.19. The van der Waals surface area contributed by atoms with Crippen LogP contribution in [0.4, 0.5) is 0 Å². The average molecular weight is 220 g/mol. The summed E-state index contributed by atoms with van der Waals surface area (Å²) in [5, 5.41) is 0. The van der Waals surface area contributed by atoms with Crippen LogP contribution in [0.25, 0.3) is 0 Å². The molecule has 0 saturated heterocycles. The second-order valence-corrected chi connectivity index (χ2v) is 6.70. The summed E-state index contributed by atoms with van der Waals surface area (Å²) >= 11 is 0. The molecule has 0 bridgehead atoms. The summed E-state index contributed by atoms with van der Waals surface area (Å²) in [5.74, 6) is 0.961. The molecule has 0 saturated carbocycles. The Kier molecular flexibility index (Phi) is 3.72. The zero-order valence-electron chi connectivity index (χ0n) is 11.5. The van der Waals surface area contributed by atoms with Gasteiger partial charge in [-0.1, -0.05) is 41.5 Å². The minimum Gasteiger partial charge on any atom is -0.241 e. The van der Waals surface area contributed by atoms with E-state index >= 15 is 0 Å². The van der Waals surface area contributed by atoms with Gasteiger partial charge in [-0.2, -0.15) is 0 Å². The predicted molar refractivity (Wildman–Crippen MR) is 68.5 cm³/mol. The van der Waals surface area contributed by atoms with Crippen LogP contribution in [-0.2, 0) is 11.8 Å². The van der Waals surface area contributed by atoms with Gasteiger partial charge in [0.1, 0.15) is 5.82 Å². The van der Waals surface area contributed by atoms with Crippen LogP contribution in [0, 0.1) is 5.41 Å². The molecule has 1 rings (SSSR count). The molecular formula is C14H24N2. The van der Waals surface area contributed by atoms with Gasteiger partial charge in [-0.25, -0.2) is 9.97 Å². The zero-order chi connectivity index (χ0) is 12.4. The van der Waals surface area contributed by atoms with Crippen molar-refractivity contribution in [2.75, 3.05) is 0 Å². The first-order valence-corrected chi connectivity index (χ1v) is 6.00. The minimum absolute atomic E-state index is 0.141. The first kappa shape index (κ1) is 13.1. The van der Waals surface area contributed by atoms with Crippen LogP contribution in [-0.4, -0.2) is 9.97 Å². The highest BCUT2D eigenvalue weighted by Gasteiger charge is 2.15. The summed E-state index contributed by atoms with van der Waals surface area (Å²) < 4.78 is 0. The van der Waals surface area contributed by atoms with Gasteiger partial charge in [0.05, 0.1) is 0 Å². The van der Waals surface area contributed by atoms with Gasteiger partial charge in [0, 0.05) is 18.8 Å². The van der Waals surface area contributed by atoms with Crippen LogP contribution in [0.1, 0.15) is 59.4 Å². The van der Waals surface area contributed by atoms with Crippen molar-refractivity contribution in [1.29, 1.82) is 0 Å². The van der Waals surface area contributed by atoms with Crippen molar-refractivity contribution in [3.05, 3.63) is 23.8 Å². The van der Waals surface area contributed by atoms with Crippen LogP contribution in [0.15, 0.2) is 12.4 Å². The number of aryl methyl sites for hydroxylation is 1. The van der Waals surface area contributed by atoms with E-state index in [-0.39, 0.29) is 5.41 Å². The quantitative estimate of drug-likeness (QED) is 0.758. The van der Waals surface area contributed by atoms with Crippen molar-refractivity contribution in [2.45, 2.75) is 59.8 Å². The van der Waals surface area contributed by atoms with E-state index in [2.05, 4.69) is 51.5 Å². The predicted octanol–water partition coefficient (Wildman–Crippen LogP) is 3.75. The lowest BCUT2D eigenvalue weighted by molar-refractivity contribution is 0.374. The van der Waals surface area contributed by atoms with Crippen LogP contribution in [0.3, 0.4) is 0 Å². The molecule has 0 spiro atoms. The molecular weight excluding hydrogens is 196 g/mol. The Balaban J connectivity index is 2.66. The zero-order valence-corrected chi connectivity index (χ0v) is 11.5. The fourth-order valence-electron chi connectivity index (χ4n) is 1.36. The first-order chi connectivity index (χ1) is 7.18. The van der Waals surface area contributed by atoms with Gasteiger partial charge in [0.2, 0.25) is 0 Å². The van der Waals surface area contributed by atoms with Gasteiger partial charge in [0.15, 0.2) is 0 Å². The highest BCUT2D eigenvalue weighted by atomic mass is 14.9. The third-order valence-corrected chi connectivity index (χ3v) is 2.67. The largest absolute Gasteiger partial charge is 0.241 e. The Morgan fingerprint density at radius 3 is 1.81 bits per heavy atom. The molecule has 0 radical (unpaired) electrons. The van der Waals surface area contributed by atoms with Crippen LogP contribution >= 0.6 is 0 Å². The van der Waals surface area contributed by atoms with E-state index < -0.39 is 0 Å². The van der Waals surface area contributed by atoms with E-state index in [0.717, 1.165) is 18.7 Å². The van der Waals surface area contributed by atoms with E-state index in [1.54, 1.807) is 0 Å². The van der Waals surface area contributed by atoms with Crippen LogP contribution < -0.4 is 0 Å². The van der Waals surface area contributed by atoms with E-state index in [1.807, 2.05) is 12.4 Å². The van der Waals surface area contributed by atoms with Crippen molar-refractivity contribution >= 4 is 0 Å². The maximum absolute atomic E-state index is 4.44. The summed E-state index contributed by atoms with van der Waals surface area (Å²) in [7, 11) is 0. The molecule has 0 amide bonds. The summed E-state index contributed by atoms with van der Waals surface area (Å²) in [6.07, 6.45) is 6.02. The normalized spacial score (nSPS) is 12.9. The topological polar surface area (TPSA) is 25.8 Å². The fraction of sp³-hybridized carbons (Fsp3) is 0.714. The molecule has 2 nitrogen and oxygen atoms in total. The maximum atomic E-state index is 4.44. The van der Waals surface area contributed by atoms with E-state index in [4.69, 9.17) is 0 Å². The molecule has 0 atom stereocenters. The molecule has 0 N–H and O–H groups in total. The Morgan fingerprint density at radius 2 is 1.44 bits per heavy atom. The molecule has 16 heavy (non-hydrogen) atoms. The highest BCUT2D eigenvalue weighted by Crippen LogP contribution is 2.22. The fourth-order valence-corrected chi connectivity index (χ4v) is 1.36. The minimum atomic E-state index is 0.141. The smallest absolute Gasteiger partial charge is 0.128 e. The first-order valence-electron chi connectivity index (χ1n) is 6.00. The standard InChI is InChI=1S/C14H24N2/c1-13(2,3)8-7-12-15-9-11(10-16-12)14(4,5)6/h9-10H,7-8H2,1-6H3. The SMILES string of the molecule is CC(C)(C)CCc1ncc(C(C)(C)C)cn1. The van der Waals surface area contributed by atoms with E-state index in [1.165, 1.54) is 5.56 Å². The molecule has 0 aliphatic heterocycles. The molecule has 90 valence electrons. The third kappa shape index (κ3) is 4.30. The second kappa shape index (κ2) is 4.52. The molecule has 1 aromatic rings. The third-order valence-electron chi connectivity index (χ3n) is 2.67. The number of aromatic nitrogens is 2. The van der Waals surface area contributed by atoms with Crippen molar-refractivity contribution in [2.24, 2.45) is 5.41 Å². The van der Waals surface area contributed by atoms with Crippen LogP contribution in [0.2, 0.25) is 0 Å². The number of hydrogen-bond acceptors (Lipinski definition) is 2. The van der Waals surface area contributed by atoms with Gasteiger partial charge in [0.25, 0.3) is 0 Å². The number of rotatable bonds is 2. The van der Waals surface area contributed by atoms with E-state index in [9.17, 15) is 0 Å². The molecule has 0 aromatic carbocycles. The van der Waals surface area contributed by atoms with Gasteiger partial charge in [-0.05, 0) is 22.8 Å². The van der Waals surface area contributed by atoms with Gasteiger partial charge < -0.3 is 0 Å². The van der Waals surface area contributed by atoms with Crippen molar-refractivity contribution in [3.8, 4) is 0 Å². The molecule has 0 fully saturated rings. The number of nitrogens with zero attached hydrogens (tertiary/aromatic N) is 2. The summed E-state index contributed by atoms with van der Waals surface area (Å²) in [5.41, 5.74) is 1.70. The molecule has 1 heterocycles. The molecule has 2 heteroatoms. The molecule has 0 aliphatic rings. The lowest BCUT2D eigenvalue weighted by Crippen LogP contribution is -2.13. The van der Waals surface area contributed by atoms with Gasteiger partial charge >= 0.3 is 0 Å². The second-order valence-electron chi connectivity index (χ2n) is 6.70. The Morgan fingerprint density at radius 1 is 0.938 bits per heavy atom. The highest BCUT2D eigenvalue weighted by molar-refractivity contribution is 5.15. The van der Waals surface area contributed by atoms with Gasteiger partial charge in [-0.15, -0.1) is 0 Å². The summed E-state index contributed by atoms with van der Waals surface area (Å²) in [6, 6.07) is 0. The average Bonchev–Trinajstić information content (AvgIpc) is 2.13. The van der Waals surface area contributed by atoms with Crippen molar-refractivity contribution < 1.29 is 0 Å². The van der Waals surface area contributed by atoms with Crippen molar-refractivity contribution in [1.82, 2.24) is 9.97 Å². The monoisotopic (exact) mass is 220 g/mol. The van der Waals surface area contributed by atoms with E-state index in [0.29, 0.717) is 5.41 Å². The lowest BCUT2D eigenvalue weighted by atomic mass is 9.89. The summed E-state index contributed by atoms with van der Waals surface area (Å²) in [4.78, 5) is 8.87. The van der Waals surface area contributed by atoms with Crippen LogP contribution in [0.5, 0.6) is 0 Å². The maximum Gasteiger partial charge on any atom is 0.128 e. The molecule has 0 unspecified atom stereocenters. The Labute approximate surface area is 99.5 Å². The molecule has 0 aliphatic carbocycles. The Hall–Kier alpha value is -0.920. The Bertz CT molecular complexity index is 325. The van der Waals surface area contributed by atoms with Gasteiger partial charge in [-0.3, -0.25) is 0 Å². The summed E-state index contributed by atoms with van der Waals surface area (Å²) in [6.45, 7) is 13.3. The van der Waals surface area contributed by atoms with Crippen molar-refractivity contribution in [3.63, 3.8) is 0 Å². The molecule has 1 aromatic heterocycles.